The van der Waals surface area contributed by atoms with E-state index >= 15 is 0 Å². The van der Waals surface area contributed by atoms with Crippen molar-refractivity contribution in [3.05, 3.63) is 39.7 Å². The highest BCUT2D eigenvalue weighted by Gasteiger charge is 2.08. The van der Waals surface area contributed by atoms with E-state index in [2.05, 4.69) is 25.3 Å². The molecule has 3 heterocycles. The van der Waals surface area contributed by atoms with Gasteiger partial charge in [-0.25, -0.2) is 19.9 Å². The standard InChI is InChI=1S/C14H15N5S/c1-8-4-5-11-13(18-8)14(17-7-16-11)15-6-12-9(2)19-10(3)20-12/h4-5,7H,6H2,1-3H3,(H,15,16,17). The molecule has 3 aromatic heterocycles. The van der Waals surface area contributed by atoms with Crippen molar-refractivity contribution in [1.29, 1.82) is 0 Å². The lowest BCUT2D eigenvalue weighted by Crippen LogP contribution is -2.03. The average molecular weight is 285 g/mol. The molecular weight excluding hydrogens is 270 g/mol. The number of nitrogens with zero attached hydrogens (tertiary/aromatic N) is 4. The molecule has 20 heavy (non-hydrogen) atoms. The number of hydrogen-bond acceptors (Lipinski definition) is 6. The van der Waals surface area contributed by atoms with Gasteiger partial charge >= 0.3 is 0 Å². The Bertz CT molecular complexity index is 765. The van der Waals surface area contributed by atoms with Crippen molar-refractivity contribution in [3.63, 3.8) is 0 Å². The Kier molecular flexibility index (Phi) is 3.31. The van der Waals surface area contributed by atoms with Gasteiger partial charge in [0.15, 0.2) is 5.82 Å². The Balaban J connectivity index is 1.91. The van der Waals surface area contributed by atoms with Crippen LogP contribution in [-0.2, 0) is 6.54 Å². The van der Waals surface area contributed by atoms with Crippen LogP contribution < -0.4 is 5.32 Å². The topological polar surface area (TPSA) is 63.6 Å². The van der Waals surface area contributed by atoms with Gasteiger partial charge in [-0.05, 0) is 32.9 Å². The highest BCUT2D eigenvalue weighted by Crippen LogP contribution is 2.21. The van der Waals surface area contributed by atoms with Gasteiger partial charge in [0.25, 0.3) is 0 Å². The molecule has 6 heteroatoms. The summed E-state index contributed by atoms with van der Waals surface area (Å²) in [6.07, 6.45) is 1.56. The lowest BCUT2D eigenvalue weighted by Gasteiger charge is -2.07. The van der Waals surface area contributed by atoms with E-state index in [1.54, 1.807) is 17.7 Å². The zero-order chi connectivity index (χ0) is 14.1. The van der Waals surface area contributed by atoms with Crippen molar-refractivity contribution in [3.8, 4) is 0 Å². The van der Waals surface area contributed by atoms with Gasteiger partial charge in [-0.3, -0.25) is 0 Å². The van der Waals surface area contributed by atoms with Crippen LogP contribution >= 0.6 is 11.3 Å². The molecule has 0 aliphatic carbocycles. The van der Waals surface area contributed by atoms with Gasteiger partial charge in [-0.1, -0.05) is 0 Å². The van der Waals surface area contributed by atoms with Gasteiger partial charge in [0.2, 0.25) is 0 Å². The predicted octanol–water partition coefficient (Wildman–Crippen LogP) is 3.02. The molecule has 0 aliphatic rings. The molecule has 0 saturated heterocycles. The number of anilines is 1. The van der Waals surface area contributed by atoms with Crippen LogP contribution in [-0.4, -0.2) is 19.9 Å². The molecule has 0 amide bonds. The zero-order valence-corrected chi connectivity index (χ0v) is 12.5. The number of thiazole rings is 1. The van der Waals surface area contributed by atoms with E-state index in [-0.39, 0.29) is 0 Å². The van der Waals surface area contributed by atoms with Crippen LogP contribution in [0.3, 0.4) is 0 Å². The maximum absolute atomic E-state index is 4.52. The Morgan fingerprint density at radius 3 is 2.70 bits per heavy atom. The highest BCUT2D eigenvalue weighted by atomic mass is 32.1. The van der Waals surface area contributed by atoms with E-state index in [0.29, 0.717) is 6.54 Å². The fourth-order valence-electron chi connectivity index (χ4n) is 2.07. The molecule has 3 aromatic rings. The van der Waals surface area contributed by atoms with Crippen LogP contribution in [0.1, 0.15) is 21.3 Å². The molecule has 5 nitrogen and oxygen atoms in total. The van der Waals surface area contributed by atoms with E-state index < -0.39 is 0 Å². The van der Waals surface area contributed by atoms with Crippen molar-refractivity contribution in [2.24, 2.45) is 0 Å². The second-order valence-electron chi connectivity index (χ2n) is 4.64. The van der Waals surface area contributed by atoms with Crippen LogP contribution in [0.15, 0.2) is 18.5 Å². The fourth-order valence-corrected chi connectivity index (χ4v) is 2.95. The Morgan fingerprint density at radius 1 is 1.10 bits per heavy atom. The van der Waals surface area contributed by atoms with Crippen molar-refractivity contribution >= 4 is 28.2 Å². The van der Waals surface area contributed by atoms with E-state index in [1.807, 2.05) is 32.9 Å². The number of hydrogen-bond donors (Lipinski definition) is 1. The number of pyridine rings is 1. The number of fused-ring (bicyclic) bond motifs is 1. The summed E-state index contributed by atoms with van der Waals surface area (Å²) in [4.78, 5) is 18.7. The molecule has 0 bridgehead atoms. The van der Waals surface area contributed by atoms with Gasteiger partial charge in [-0.2, -0.15) is 0 Å². The molecule has 3 rings (SSSR count). The van der Waals surface area contributed by atoms with Crippen LogP contribution in [0, 0.1) is 20.8 Å². The van der Waals surface area contributed by atoms with Gasteiger partial charge in [0.05, 0.1) is 22.8 Å². The summed E-state index contributed by atoms with van der Waals surface area (Å²) >= 11 is 1.70. The van der Waals surface area contributed by atoms with E-state index in [0.717, 1.165) is 33.2 Å². The molecular formula is C14H15N5S. The molecule has 0 aromatic carbocycles. The predicted molar refractivity (Wildman–Crippen MR) is 81.0 cm³/mol. The average Bonchev–Trinajstić information content (AvgIpc) is 2.74. The fraction of sp³-hybridized carbons (Fsp3) is 0.286. The molecule has 0 fully saturated rings. The van der Waals surface area contributed by atoms with E-state index in [1.165, 1.54) is 4.88 Å². The number of aryl methyl sites for hydroxylation is 3. The molecule has 0 aliphatic heterocycles. The monoisotopic (exact) mass is 285 g/mol. The minimum absolute atomic E-state index is 0.707. The minimum Gasteiger partial charge on any atom is -0.363 e. The Hall–Kier alpha value is -2.08. The SMILES string of the molecule is Cc1ccc2ncnc(NCc3sc(C)nc3C)c2n1. The van der Waals surface area contributed by atoms with Crippen molar-refractivity contribution < 1.29 is 0 Å². The first-order valence-corrected chi connectivity index (χ1v) is 7.20. The molecule has 102 valence electrons. The summed E-state index contributed by atoms with van der Waals surface area (Å²) in [5.74, 6) is 0.768. The summed E-state index contributed by atoms with van der Waals surface area (Å²) in [6, 6.07) is 3.92. The van der Waals surface area contributed by atoms with Crippen LogP contribution in [0.2, 0.25) is 0 Å². The minimum atomic E-state index is 0.707. The molecule has 0 spiro atoms. The molecule has 0 atom stereocenters. The van der Waals surface area contributed by atoms with Gasteiger partial charge in [0.1, 0.15) is 11.8 Å². The lowest BCUT2D eigenvalue weighted by atomic mass is 10.3. The van der Waals surface area contributed by atoms with Gasteiger partial charge in [-0.15, -0.1) is 11.3 Å². The molecule has 0 saturated carbocycles. The highest BCUT2D eigenvalue weighted by molar-refractivity contribution is 7.11. The first-order chi connectivity index (χ1) is 9.63. The third-order valence-electron chi connectivity index (χ3n) is 3.04. The normalized spacial score (nSPS) is 10.9. The van der Waals surface area contributed by atoms with Crippen molar-refractivity contribution in [2.45, 2.75) is 27.3 Å². The number of nitrogens with one attached hydrogen (secondary N) is 1. The van der Waals surface area contributed by atoms with E-state index in [9.17, 15) is 0 Å². The maximum atomic E-state index is 4.52. The third-order valence-corrected chi connectivity index (χ3v) is 4.11. The number of aromatic nitrogens is 4. The molecule has 0 radical (unpaired) electrons. The Labute approximate surface area is 121 Å². The van der Waals surface area contributed by atoms with E-state index in [4.69, 9.17) is 0 Å². The second kappa shape index (κ2) is 5.13. The van der Waals surface area contributed by atoms with Gasteiger partial charge in [0, 0.05) is 10.6 Å². The smallest absolute Gasteiger partial charge is 0.156 e. The first-order valence-electron chi connectivity index (χ1n) is 6.38. The zero-order valence-electron chi connectivity index (χ0n) is 11.6. The summed E-state index contributed by atoms with van der Waals surface area (Å²) in [7, 11) is 0. The maximum Gasteiger partial charge on any atom is 0.156 e. The second-order valence-corrected chi connectivity index (χ2v) is 5.93. The van der Waals surface area contributed by atoms with Crippen molar-refractivity contribution in [2.75, 3.05) is 5.32 Å². The summed E-state index contributed by atoms with van der Waals surface area (Å²) < 4.78 is 0. The van der Waals surface area contributed by atoms with Crippen molar-refractivity contribution in [1.82, 2.24) is 19.9 Å². The summed E-state index contributed by atoms with van der Waals surface area (Å²) in [5.41, 5.74) is 3.69. The summed E-state index contributed by atoms with van der Waals surface area (Å²) in [6.45, 7) is 6.72. The van der Waals surface area contributed by atoms with Crippen LogP contribution in [0.25, 0.3) is 11.0 Å². The quantitative estimate of drug-likeness (QED) is 0.801. The number of rotatable bonds is 3. The first kappa shape index (κ1) is 12.9. The largest absolute Gasteiger partial charge is 0.363 e. The van der Waals surface area contributed by atoms with Crippen LogP contribution in [0.5, 0.6) is 0 Å². The third kappa shape index (κ3) is 2.46. The molecule has 1 N–H and O–H groups in total. The summed E-state index contributed by atoms with van der Waals surface area (Å²) in [5, 5.41) is 4.43. The van der Waals surface area contributed by atoms with Crippen LogP contribution in [0.4, 0.5) is 5.82 Å². The lowest BCUT2D eigenvalue weighted by molar-refractivity contribution is 1.07. The van der Waals surface area contributed by atoms with Gasteiger partial charge < -0.3 is 5.32 Å². The Morgan fingerprint density at radius 2 is 1.95 bits per heavy atom. The molecule has 0 unspecified atom stereocenters.